The summed E-state index contributed by atoms with van der Waals surface area (Å²) in [6.45, 7) is 12.1. The maximum Gasteiger partial charge on any atom is 0.270 e. The molecule has 0 radical (unpaired) electrons. The number of nitro groups is 1. The second-order valence-corrected chi connectivity index (χ2v) is 8.92. The van der Waals surface area contributed by atoms with Crippen molar-refractivity contribution in [2.45, 2.75) is 33.6 Å². The van der Waals surface area contributed by atoms with Crippen molar-refractivity contribution in [3.05, 3.63) is 110 Å². The molecule has 0 N–H and O–H groups in total. The number of rotatable bonds is 10. The summed E-state index contributed by atoms with van der Waals surface area (Å²) in [7, 11) is 0. The summed E-state index contributed by atoms with van der Waals surface area (Å²) in [4.78, 5) is 29.1. The van der Waals surface area contributed by atoms with Crippen LogP contribution >= 0.6 is 0 Å². The molecule has 7 heteroatoms. The zero-order chi connectivity index (χ0) is 26.5. The molecule has 0 aliphatic carbocycles. The highest BCUT2D eigenvalue weighted by Crippen LogP contribution is 2.34. The summed E-state index contributed by atoms with van der Waals surface area (Å²) in [5.41, 5.74) is 4.49. The number of nitrogens with zero attached hydrogens (tertiary/aromatic N) is 3. The maximum atomic E-state index is 13.7. The van der Waals surface area contributed by atoms with Gasteiger partial charge in [0.2, 0.25) is 0 Å². The topological polar surface area (TPSA) is 79.8 Å². The number of anilines is 2. The smallest absolute Gasteiger partial charge is 0.270 e. The molecule has 0 fully saturated rings. The molecular formula is C30H33N3O4. The van der Waals surface area contributed by atoms with E-state index in [2.05, 4.69) is 61.8 Å². The van der Waals surface area contributed by atoms with Gasteiger partial charge in [-0.1, -0.05) is 24.3 Å². The van der Waals surface area contributed by atoms with Gasteiger partial charge in [0.1, 0.15) is 5.58 Å². The van der Waals surface area contributed by atoms with Crippen LogP contribution in [0.4, 0.5) is 17.1 Å². The van der Waals surface area contributed by atoms with E-state index in [-0.39, 0.29) is 16.5 Å². The first-order valence-corrected chi connectivity index (χ1v) is 12.8. The third kappa shape index (κ3) is 5.21. The highest BCUT2D eigenvalue weighted by Gasteiger charge is 2.23. The van der Waals surface area contributed by atoms with E-state index in [0.29, 0.717) is 11.1 Å². The number of benzene rings is 3. The molecule has 4 rings (SSSR count). The molecule has 0 spiro atoms. The molecule has 0 saturated carbocycles. The fraction of sp³-hybridized carbons (Fsp3) is 0.300. The highest BCUT2D eigenvalue weighted by atomic mass is 16.6. The van der Waals surface area contributed by atoms with Crippen LogP contribution in [0.15, 0.2) is 82.2 Å². The Bertz CT molecular complexity index is 1360. The summed E-state index contributed by atoms with van der Waals surface area (Å²) in [5, 5.41) is 11.6. The summed E-state index contributed by atoms with van der Waals surface area (Å²) in [5.74, 6) is -0.392. The van der Waals surface area contributed by atoms with Crippen LogP contribution in [-0.4, -0.2) is 31.1 Å². The van der Waals surface area contributed by atoms with Crippen LogP contribution in [0.3, 0.4) is 0 Å². The van der Waals surface area contributed by atoms with Gasteiger partial charge in [-0.2, -0.15) is 0 Å². The molecular weight excluding hydrogens is 466 g/mol. The lowest BCUT2D eigenvalue weighted by molar-refractivity contribution is -0.384. The van der Waals surface area contributed by atoms with Gasteiger partial charge in [-0.15, -0.1) is 0 Å². The molecule has 7 nitrogen and oxygen atoms in total. The molecule has 0 bridgehead atoms. The molecule has 1 aromatic heterocycles. The van der Waals surface area contributed by atoms with E-state index in [4.69, 9.17) is 4.42 Å². The van der Waals surface area contributed by atoms with Crippen LogP contribution in [-0.2, 0) is 0 Å². The molecule has 192 valence electrons. The van der Waals surface area contributed by atoms with Gasteiger partial charge in [0.05, 0.1) is 16.6 Å². The third-order valence-corrected chi connectivity index (χ3v) is 7.01. The van der Waals surface area contributed by atoms with Gasteiger partial charge in [-0.3, -0.25) is 14.9 Å². The summed E-state index contributed by atoms with van der Waals surface area (Å²) in [6.07, 6.45) is 1.50. The zero-order valence-corrected chi connectivity index (χ0v) is 21.8. The molecule has 0 aliphatic rings. The fourth-order valence-electron chi connectivity index (χ4n) is 4.93. The minimum absolute atomic E-state index is 0.138. The molecule has 3 aromatic carbocycles. The zero-order valence-electron chi connectivity index (χ0n) is 21.8. The average molecular weight is 500 g/mol. The van der Waals surface area contributed by atoms with Crippen molar-refractivity contribution >= 4 is 28.0 Å². The molecule has 0 saturated heterocycles. The number of non-ortho nitro benzene ring substituents is 1. The van der Waals surface area contributed by atoms with Gasteiger partial charge in [0.15, 0.2) is 5.43 Å². The van der Waals surface area contributed by atoms with Crippen LogP contribution in [0.1, 0.15) is 50.3 Å². The number of fused-ring (bicyclic) bond motifs is 1. The minimum Gasteiger partial charge on any atom is -0.464 e. The van der Waals surface area contributed by atoms with E-state index in [9.17, 15) is 14.9 Å². The van der Waals surface area contributed by atoms with E-state index >= 15 is 0 Å². The van der Waals surface area contributed by atoms with E-state index in [1.54, 1.807) is 0 Å². The summed E-state index contributed by atoms with van der Waals surface area (Å²) in [6, 6.07) is 20.6. The Morgan fingerprint density at radius 3 is 1.70 bits per heavy atom. The molecule has 0 atom stereocenters. The van der Waals surface area contributed by atoms with E-state index < -0.39 is 10.8 Å². The van der Waals surface area contributed by atoms with Crippen molar-refractivity contribution in [3.63, 3.8) is 0 Å². The van der Waals surface area contributed by atoms with E-state index in [1.807, 2.05) is 24.3 Å². The molecule has 0 aliphatic heterocycles. The van der Waals surface area contributed by atoms with Crippen molar-refractivity contribution in [1.82, 2.24) is 0 Å². The Kier molecular flexibility index (Phi) is 7.92. The van der Waals surface area contributed by atoms with Gasteiger partial charge in [-0.25, -0.2) is 0 Å². The second kappa shape index (κ2) is 11.3. The van der Waals surface area contributed by atoms with Gasteiger partial charge < -0.3 is 14.2 Å². The lowest BCUT2D eigenvalue weighted by Gasteiger charge is -2.24. The van der Waals surface area contributed by atoms with Crippen molar-refractivity contribution in [1.29, 1.82) is 0 Å². The van der Waals surface area contributed by atoms with Gasteiger partial charge in [0.25, 0.3) is 5.69 Å². The molecule has 0 amide bonds. The Balaban J connectivity index is 1.88. The van der Waals surface area contributed by atoms with Crippen LogP contribution in [0.2, 0.25) is 0 Å². The standard InChI is InChI=1S/C30H33N3O4/c1-5-31(6-2)23-13-9-21(10-14-23)29(22-11-15-24(16-12-22)32(7-3)8-4)27-20-37-28-18-17-25(33(35)36)19-26(28)30(27)34/h9-20,29H,5-8H2,1-4H3. The first kappa shape index (κ1) is 25.9. The Hall–Kier alpha value is -4.13. The maximum absolute atomic E-state index is 13.7. The van der Waals surface area contributed by atoms with Crippen molar-refractivity contribution < 1.29 is 9.34 Å². The van der Waals surface area contributed by atoms with E-state index in [1.165, 1.54) is 24.5 Å². The van der Waals surface area contributed by atoms with Gasteiger partial charge in [0, 0.05) is 61.2 Å². The first-order chi connectivity index (χ1) is 17.9. The molecule has 0 unspecified atom stereocenters. The largest absolute Gasteiger partial charge is 0.464 e. The number of hydrogen-bond donors (Lipinski definition) is 0. The van der Waals surface area contributed by atoms with Crippen molar-refractivity contribution in [2.75, 3.05) is 36.0 Å². The predicted molar refractivity (Wildman–Crippen MR) is 150 cm³/mol. The monoisotopic (exact) mass is 499 g/mol. The predicted octanol–water partition coefficient (Wildman–Crippen LogP) is 6.57. The SMILES string of the molecule is CCN(CC)c1ccc(C(c2ccc(N(CC)CC)cc2)c2coc3ccc([N+](=O)[O-])cc3c2=O)cc1. The van der Waals surface area contributed by atoms with Crippen LogP contribution < -0.4 is 15.2 Å². The molecule has 37 heavy (non-hydrogen) atoms. The lowest BCUT2D eigenvalue weighted by Crippen LogP contribution is -2.22. The van der Waals surface area contributed by atoms with Gasteiger partial charge >= 0.3 is 0 Å². The lowest BCUT2D eigenvalue weighted by atomic mass is 9.85. The number of hydrogen-bond acceptors (Lipinski definition) is 6. The Morgan fingerprint density at radius 1 is 0.784 bits per heavy atom. The quantitative estimate of drug-likeness (QED) is 0.181. The Morgan fingerprint density at radius 2 is 1.27 bits per heavy atom. The molecule has 1 heterocycles. The van der Waals surface area contributed by atoms with E-state index in [0.717, 1.165) is 48.7 Å². The second-order valence-electron chi connectivity index (χ2n) is 8.92. The number of nitro benzene ring substituents is 1. The third-order valence-electron chi connectivity index (χ3n) is 7.01. The average Bonchev–Trinajstić information content (AvgIpc) is 2.93. The van der Waals surface area contributed by atoms with Gasteiger partial charge in [-0.05, 0) is 69.2 Å². The van der Waals surface area contributed by atoms with Crippen LogP contribution in [0.25, 0.3) is 11.0 Å². The summed E-state index contributed by atoms with van der Waals surface area (Å²) >= 11 is 0. The Labute approximate surface area is 217 Å². The summed E-state index contributed by atoms with van der Waals surface area (Å²) < 4.78 is 5.84. The van der Waals surface area contributed by atoms with Crippen molar-refractivity contribution in [3.8, 4) is 0 Å². The van der Waals surface area contributed by atoms with Crippen LogP contribution in [0, 0.1) is 10.1 Å². The fourth-order valence-corrected chi connectivity index (χ4v) is 4.93. The normalized spacial score (nSPS) is 11.2. The minimum atomic E-state index is -0.499. The first-order valence-electron chi connectivity index (χ1n) is 12.8. The van der Waals surface area contributed by atoms with Crippen LogP contribution in [0.5, 0.6) is 0 Å². The van der Waals surface area contributed by atoms with Crippen molar-refractivity contribution in [2.24, 2.45) is 0 Å². The molecule has 4 aromatic rings. The highest BCUT2D eigenvalue weighted by molar-refractivity contribution is 5.80.